The van der Waals surface area contributed by atoms with E-state index in [9.17, 15) is 9.18 Å². The Hall–Kier alpha value is -4.06. The molecule has 0 saturated heterocycles. The van der Waals surface area contributed by atoms with Crippen molar-refractivity contribution in [1.82, 2.24) is 9.97 Å². The van der Waals surface area contributed by atoms with Gasteiger partial charge in [-0.15, -0.1) is 0 Å². The Bertz CT molecular complexity index is 1130. The fourth-order valence-corrected chi connectivity index (χ4v) is 2.69. The number of hydrogen-bond acceptors (Lipinski definition) is 4. The Labute approximate surface area is 166 Å². The van der Waals surface area contributed by atoms with Crippen LogP contribution in [-0.4, -0.2) is 15.9 Å². The molecule has 1 heterocycles. The molecule has 1 N–H and O–H groups in total. The number of ether oxygens (including phenoxy) is 1. The Kier molecular flexibility index (Phi) is 5.25. The maximum atomic E-state index is 13.4. The lowest BCUT2D eigenvalue weighted by Gasteiger charge is -2.12. The van der Waals surface area contributed by atoms with Crippen molar-refractivity contribution in [3.8, 4) is 22.9 Å². The molecule has 6 heteroatoms. The maximum absolute atomic E-state index is 13.4. The Morgan fingerprint density at radius 1 is 0.862 bits per heavy atom. The van der Waals surface area contributed by atoms with Crippen molar-refractivity contribution in [3.63, 3.8) is 0 Å². The van der Waals surface area contributed by atoms with Crippen molar-refractivity contribution in [1.29, 1.82) is 0 Å². The molecule has 0 saturated carbocycles. The second-order valence-corrected chi connectivity index (χ2v) is 6.17. The minimum Gasteiger partial charge on any atom is -0.455 e. The molecule has 142 valence electrons. The van der Waals surface area contributed by atoms with Gasteiger partial charge in [-0.3, -0.25) is 4.79 Å². The number of benzene rings is 3. The predicted octanol–water partition coefficient (Wildman–Crippen LogP) is 5.33. The second-order valence-electron chi connectivity index (χ2n) is 6.17. The number of amides is 1. The summed E-state index contributed by atoms with van der Waals surface area (Å²) in [7, 11) is 0. The third kappa shape index (κ3) is 4.44. The molecule has 0 radical (unpaired) electrons. The van der Waals surface area contributed by atoms with Crippen LogP contribution in [-0.2, 0) is 0 Å². The number of hydrogen-bond donors (Lipinski definition) is 1. The third-order valence-electron chi connectivity index (χ3n) is 4.11. The van der Waals surface area contributed by atoms with Gasteiger partial charge in [-0.25, -0.2) is 14.4 Å². The number of rotatable bonds is 5. The molecule has 4 aromatic rings. The van der Waals surface area contributed by atoms with Gasteiger partial charge in [0.05, 0.1) is 11.3 Å². The zero-order valence-corrected chi connectivity index (χ0v) is 15.2. The van der Waals surface area contributed by atoms with E-state index in [1.54, 1.807) is 36.4 Å². The fourth-order valence-electron chi connectivity index (χ4n) is 2.69. The van der Waals surface area contributed by atoms with Gasteiger partial charge in [-0.05, 0) is 24.3 Å². The van der Waals surface area contributed by atoms with Crippen LogP contribution in [0.3, 0.4) is 0 Å². The van der Waals surface area contributed by atoms with Crippen LogP contribution in [0.2, 0.25) is 0 Å². The zero-order valence-electron chi connectivity index (χ0n) is 15.2. The lowest BCUT2D eigenvalue weighted by Crippen LogP contribution is -2.13. The first-order chi connectivity index (χ1) is 14.2. The molecule has 1 aromatic heterocycles. The van der Waals surface area contributed by atoms with Crippen molar-refractivity contribution >= 4 is 11.6 Å². The van der Waals surface area contributed by atoms with Gasteiger partial charge in [0.2, 0.25) is 0 Å². The number of carbonyl (C=O) groups excluding carboxylic acids is 1. The molecule has 1 amide bonds. The van der Waals surface area contributed by atoms with E-state index in [0.717, 1.165) is 5.56 Å². The van der Waals surface area contributed by atoms with Crippen LogP contribution in [0.15, 0.2) is 91.3 Å². The number of carbonyl (C=O) groups is 1. The number of nitrogens with one attached hydrogen (secondary N) is 1. The average molecular weight is 385 g/mol. The summed E-state index contributed by atoms with van der Waals surface area (Å²) in [4.78, 5) is 21.1. The van der Waals surface area contributed by atoms with Gasteiger partial charge in [-0.2, -0.15) is 0 Å². The number of halogens is 1. The van der Waals surface area contributed by atoms with Crippen LogP contribution in [0.1, 0.15) is 10.4 Å². The van der Waals surface area contributed by atoms with E-state index in [4.69, 9.17) is 4.74 Å². The van der Waals surface area contributed by atoms with Crippen LogP contribution in [0.4, 0.5) is 10.1 Å². The monoisotopic (exact) mass is 385 g/mol. The molecule has 0 aliphatic heterocycles. The van der Waals surface area contributed by atoms with Gasteiger partial charge in [0.15, 0.2) is 11.6 Å². The lowest BCUT2D eigenvalue weighted by molar-refractivity contribution is 0.102. The Morgan fingerprint density at radius 2 is 1.59 bits per heavy atom. The van der Waals surface area contributed by atoms with Gasteiger partial charge in [-0.1, -0.05) is 48.5 Å². The number of nitrogens with zero attached hydrogens (tertiary/aromatic N) is 2. The van der Waals surface area contributed by atoms with E-state index in [1.807, 2.05) is 30.3 Å². The highest BCUT2D eigenvalue weighted by atomic mass is 19.1. The minimum absolute atomic E-state index is 0.310. The fraction of sp³-hybridized carbons (Fsp3) is 0. The summed E-state index contributed by atoms with van der Waals surface area (Å²) in [6, 6.07) is 22.2. The van der Waals surface area contributed by atoms with Crippen LogP contribution in [0.25, 0.3) is 11.4 Å². The molecule has 3 aromatic carbocycles. The Morgan fingerprint density at radius 3 is 2.34 bits per heavy atom. The number of anilines is 1. The first-order valence-electron chi connectivity index (χ1n) is 8.90. The van der Waals surface area contributed by atoms with Crippen LogP contribution < -0.4 is 10.1 Å². The highest BCUT2D eigenvalue weighted by molar-refractivity contribution is 6.04. The van der Waals surface area contributed by atoms with E-state index >= 15 is 0 Å². The van der Waals surface area contributed by atoms with Gasteiger partial charge < -0.3 is 10.1 Å². The summed E-state index contributed by atoms with van der Waals surface area (Å²) in [5.74, 6) is 0.493. The van der Waals surface area contributed by atoms with Crippen molar-refractivity contribution in [3.05, 3.63) is 103 Å². The summed E-state index contributed by atoms with van der Waals surface area (Å²) >= 11 is 0. The molecular weight excluding hydrogens is 369 g/mol. The van der Waals surface area contributed by atoms with Gasteiger partial charge in [0.25, 0.3) is 5.91 Å². The molecule has 0 bridgehead atoms. The van der Waals surface area contributed by atoms with Crippen molar-refractivity contribution in [2.75, 3.05) is 5.32 Å². The summed E-state index contributed by atoms with van der Waals surface area (Å²) in [5, 5.41) is 2.78. The van der Waals surface area contributed by atoms with Crippen molar-refractivity contribution in [2.45, 2.75) is 0 Å². The maximum Gasteiger partial charge on any atom is 0.258 e. The van der Waals surface area contributed by atoms with E-state index < -0.39 is 5.82 Å². The molecule has 29 heavy (non-hydrogen) atoms. The first kappa shape index (κ1) is 18.3. The third-order valence-corrected chi connectivity index (χ3v) is 4.11. The lowest BCUT2D eigenvalue weighted by atomic mass is 10.2. The quantitative estimate of drug-likeness (QED) is 0.504. The molecule has 0 fully saturated rings. The Balaban J connectivity index is 1.51. The molecule has 0 aliphatic rings. The average Bonchev–Trinajstić information content (AvgIpc) is 2.76. The van der Waals surface area contributed by atoms with Gasteiger partial charge in [0.1, 0.15) is 11.6 Å². The molecule has 0 unspecified atom stereocenters. The molecule has 0 atom stereocenters. The van der Waals surface area contributed by atoms with E-state index in [2.05, 4.69) is 15.3 Å². The molecule has 0 spiro atoms. The van der Waals surface area contributed by atoms with E-state index in [0.29, 0.717) is 28.6 Å². The van der Waals surface area contributed by atoms with Gasteiger partial charge in [0, 0.05) is 24.0 Å². The molecule has 4 rings (SSSR count). The topological polar surface area (TPSA) is 64.1 Å². The standard InChI is InChI=1S/C23H16FN3O2/c24-18-9-6-10-19(13-18)29-21-12-5-4-11-20(21)27-23(28)17-14-25-22(26-15-17)16-7-2-1-3-8-16/h1-15H,(H,27,28). The normalized spacial score (nSPS) is 10.4. The molecular formula is C23H16FN3O2. The smallest absolute Gasteiger partial charge is 0.258 e. The summed E-state index contributed by atoms with van der Waals surface area (Å²) in [6.45, 7) is 0. The number of para-hydroxylation sites is 2. The van der Waals surface area contributed by atoms with Crippen LogP contribution >= 0.6 is 0 Å². The molecule has 0 aliphatic carbocycles. The SMILES string of the molecule is O=C(Nc1ccccc1Oc1cccc(F)c1)c1cnc(-c2ccccc2)nc1. The van der Waals surface area contributed by atoms with Gasteiger partial charge >= 0.3 is 0 Å². The predicted molar refractivity (Wildman–Crippen MR) is 108 cm³/mol. The largest absolute Gasteiger partial charge is 0.455 e. The second kappa shape index (κ2) is 8.31. The van der Waals surface area contributed by atoms with Crippen molar-refractivity contribution < 1.29 is 13.9 Å². The van der Waals surface area contributed by atoms with Crippen molar-refractivity contribution in [2.24, 2.45) is 0 Å². The highest BCUT2D eigenvalue weighted by Crippen LogP contribution is 2.30. The summed E-state index contributed by atoms with van der Waals surface area (Å²) in [6.07, 6.45) is 2.95. The summed E-state index contributed by atoms with van der Waals surface area (Å²) < 4.78 is 19.1. The van der Waals surface area contributed by atoms with Crippen LogP contribution in [0.5, 0.6) is 11.5 Å². The highest BCUT2D eigenvalue weighted by Gasteiger charge is 2.12. The minimum atomic E-state index is -0.403. The number of aromatic nitrogens is 2. The van der Waals surface area contributed by atoms with E-state index in [-0.39, 0.29) is 5.91 Å². The summed E-state index contributed by atoms with van der Waals surface area (Å²) in [5.41, 5.74) is 1.63. The first-order valence-corrected chi connectivity index (χ1v) is 8.90. The van der Waals surface area contributed by atoms with E-state index in [1.165, 1.54) is 24.5 Å². The molecule has 5 nitrogen and oxygen atoms in total. The zero-order chi connectivity index (χ0) is 20.1. The van der Waals surface area contributed by atoms with Crippen LogP contribution in [0, 0.1) is 5.82 Å².